The number of hydrogen-bond donors (Lipinski definition) is 5. The van der Waals surface area contributed by atoms with Crippen molar-refractivity contribution in [3.63, 3.8) is 0 Å². The molecule has 1 aliphatic heterocycles. The first-order valence-corrected chi connectivity index (χ1v) is 10.4. The number of carbonyl (C=O) groups is 4. The summed E-state index contributed by atoms with van der Waals surface area (Å²) in [6.07, 6.45) is -0.644. The van der Waals surface area contributed by atoms with E-state index >= 15 is 0 Å². The molecule has 2 aromatic carbocycles. The average molecular weight is 483 g/mol. The summed E-state index contributed by atoms with van der Waals surface area (Å²) in [4.78, 5) is 51.0. The van der Waals surface area contributed by atoms with Crippen molar-refractivity contribution in [3.8, 4) is 11.5 Å². The number of phenols is 1. The molecule has 0 spiro atoms. The molecule has 4 amide bonds. The van der Waals surface area contributed by atoms with Crippen molar-refractivity contribution in [1.29, 1.82) is 5.41 Å². The highest BCUT2D eigenvalue weighted by Gasteiger charge is 2.53. The van der Waals surface area contributed by atoms with Crippen molar-refractivity contribution >= 4 is 29.7 Å². The van der Waals surface area contributed by atoms with Gasteiger partial charge < -0.3 is 26.0 Å². The van der Waals surface area contributed by atoms with Crippen LogP contribution in [0.3, 0.4) is 0 Å². The van der Waals surface area contributed by atoms with E-state index in [1.807, 2.05) is 0 Å². The Labute approximate surface area is 200 Å². The predicted octanol–water partition coefficient (Wildman–Crippen LogP) is 1.43. The standard InChI is InChI=1S/C23H25N5O7/c1-12(29)27(16(11-19(31)32)14-6-9-17(30)18(10-14)35-3)28-21(33)23(2,26-22(28)34)15-7-4-13(5-8-15)20(24)25/h4-10,16,30H,11H2,1-3H3,(H3,24,25)(H,26,34)(H,31,32). The monoisotopic (exact) mass is 483 g/mol. The molecule has 35 heavy (non-hydrogen) atoms. The van der Waals surface area contributed by atoms with Crippen LogP contribution < -0.4 is 15.8 Å². The molecule has 0 saturated carbocycles. The van der Waals surface area contributed by atoms with Crippen LogP contribution in [0.25, 0.3) is 0 Å². The number of carbonyl (C=O) groups excluding carboxylic acids is 3. The summed E-state index contributed by atoms with van der Waals surface area (Å²) in [7, 11) is 1.30. The summed E-state index contributed by atoms with van der Waals surface area (Å²) in [6, 6.07) is 7.84. The molecule has 1 fully saturated rings. The number of rotatable bonds is 8. The highest BCUT2D eigenvalue weighted by atomic mass is 16.5. The molecule has 2 aromatic rings. The van der Waals surface area contributed by atoms with Crippen LogP contribution in [0.5, 0.6) is 11.5 Å². The maximum Gasteiger partial charge on any atom is 0.344 e. The van der Waals surface area contributed by atoms with Crippen LogP contribution in [0.1, 0.15) is 43.0 Å². The lowest BCUT2D eigenvalue weighted by atomic mass is 9.91. The first-order chi connectivity index (χ1) is 16.4. The summed E-state index contributed by atoms with van der Waals surface area (Å²) in [5, 5.41) is 30.9. The molecule has 1 saturated heterocycles. The number of phenolic OH excluding ortho intramolecular Hbond substituents is 1. The second-order valence-electron chi connectivity index (χ2n) is 8.07. The fraction of sp³-hybridized carbons (Fsp3) is 0.261. The van der Waals surface area contributed by atoms with Gasteiger partial charge in [-0.3, -0.25) is 19.8 Å². The first kappa shape index (κ1) is 25.0. The second-order valence-corrected chi connectivity index (χ2v) is 8.07. The van der Waals surface area contributed by atoms with E-state index in [9.17, 15) is 29.4 Å². The molecule has 0 aromatic heterocycles. The zero-order valence-corrected chi connectivity index (χ0v) is 19.2. The van der Waals surface area contributed by atoms with E-state index in [0.717, 1.165) is 11.9 Å². The molecule has 1 heterocycles. The highest BCUT2D eigenvalue weighted by molar-refractivity contribution is 6.08. The number of amides is 4. The molecule has 184 valence electrons. The summed E-state index contributed by atoms with van der Waals surface area (Å²) >= 11 is 0. The molecule has 3 rings (SSSR count). The van der Waals surface area contributed by atoms with E-state index in [4.69, 9.17) is 15.9 Å². The SMILES string of the molecule is COc1cc(C(CC(=O)O)N(C(C)=O)N2C(=O)NC(C)(c3ccc(C(=N)N)cc3)C2=O)ccc1O. The minimum atomic E-state index is -1.58. The molecule has 6 N–H and O–H groups in total. The lowest BCUT2D eigenvalue weighted by Gasteiger charge is -2.35. The van der Waals surface area contributed by atoms with Gasteiger partial charge in [0.15, 0.2) is 11.5 Å². The Hall–Kier alpha value is -4.61. The number of urea groups is 1. The topological polar surface area (TPSA) is 186 Å². The van der Waals surface area contributed by atoms with Crippen molar-refractivity contribution < 1.29 is 34.1 Å². The van der Waals surface area contributed by atoms with Gasteiger partial charge in [-0.1, -0.05) is 30.3 Å². The molecule has 1 aliphatic rings. The maximum atomic E-state index is 13.6. The number of hydrogen-bond acceptors (Lipinski definition) is 7. The van der Waals surface area contributed by atoms with Crippen molar-refractivity contribution in [3.05, 3.63) is 59.2 Å². The fourth-order valence-electron chi connectivity index (χ4n) is 3.91. The van der Waals surface area contributed by atoms with Gasteiger partial charge in [0.05, 0.1) is 19.6 Å². The third-order valence-corrected chi connectivity index (χ3v) is 5.73. The van der Waals surface area contributed by atoms with Crippen LogP contribution in [0, 0.1) is 5.41 Å². The predicted molar refractivity (Wildman–Crippen MR) is 122 cm³/mol. The zero-order valence-electron chi connectivity index (χ0n) is 19.2. The minimum absolute atomic E-state index is 0.0222. The van der Waals surface area contributed by atoms with Crippen LogP contribution in [0.2, 0.25) is 0 Å². The molecule has 0 bridgehead atoms. The number of imide groups is 1. The molecule has 0 aliphatic carbocycles. The van der Waals surface area contributed by atoms with E-state index in [-0.39, 0.29) is 22.9 Å². The van der Waals surface area contributed by atoms with Gasteiger partial charge in [0.1, 0.15) is 11.4 Å². The van der Waals surface area contributed by atoms with Crippen LogP contribution in [-0.4, -0.2) is 57.0 Å². The van der Waals surface area contributed by atoms with Crippen LogP contribution in [-0.2, 0) is 19.9 Å². The van der Waals surface area contributed by atoms with E-state index in [2.05, 4.69) is 5.32 Å². The Morgan fingerprint density at radius 3 is 2.37 bits per heavy atom. The Morgan fingerprint density at radius 2 is 1.86 bits per heavy atom. The van der Waals surface area contributed by atoms with Gasteiger partial charge >= 0.3 is 12.0 Å². The van der Waals surface area contributed by atoms with Crippen molar-refractivity contribution in [2.24, 2.45) is 5.73 Å². The number of nitrogens with zero attached hydrogens (tertiary/aromatic N) is 2. The smallest absolute Gasteiger partial charge is 0.344 e. The van der Waals surface area contributed by atoms with E-state index in [1.165, 1.54) is 56.5 Å². The lowest BCUT2D eigenvalue weighted by molar-refractivity contribution is -0.162. The van der Waals surface area contributed by atoms with Crippen molar-refractivity contribution in [1.82, 2.24) is 15.3 Å². The number of nitrogen functional groups attached to an aromatic ring is 1. The average Bonchev–Trinajstić information content (AvgIpc) is 3.02. The Morgan fingerprint density at radius 1 is 1.23 bits per heavy atom. The quantitative estimate of drug-likeness (QED) is 0.212. The molecule has 12 nitrogen and oxygen atoms in total. The first-order valence-electron chi connectivity index (χ1n) is 10.4. The van der Waals surface area contributed by atoms with Crippen molar-refractivity contribution in [2.75, 3.05) is 7.11 Å². The number of ether oxygens (including phenoxy) is 1. The zero-order chi connectivity index (χ0) is 26.1. The Kier molecular flexibility index (Phi) is 6.67. The summed E-state index contributed by atoms with van der Waals surface area (Å²) < 4.78 is 5.08. The minimum Gasteiger partial charge on any atom is -0.504 e. The highest BCUT2D eigenvalue weighted by Crippen LogP contribution is 2.37. The number of nitrogens with two attached hydrogens (primary N) is 1. The number of amidine groups is 1. The number of nitrogens with one attached hydrogen (secondary N) is 2. The van der Waals surface area contributed by atoms with Crippen LogP contribution in [0.15, 0.2) is 42.5 Å². The van der Waals surface area contributed by atoms with Gasteiger partial charge in [0, 0.05) is 12.5 Å². The van der Waals surface area contributed by atoms with Gasteiger partial charge in [0.25, 0.3) is 5.91 Å². The number of carboxylic acid groups (broad SMARTS) is 1. The van der Waals surface area contributed by atoms with E-state index < -0.39 is 41.8 Å². The second kappa shape index (κ2) is 9.33. The maximum absolute atomic E-state index is 13.6. The number of aliphatic carboxylic acids is 1. The summed E-state index contributed by atoms with van der Waals surface area (Å²) in [5.41, 5.74) is 4.90. The number of aromatic hydroxyl groups is 1. The number of benzene rings is 2. The lowest BCUT2D eigenvalue weighted by Crippen LogP contribution is -2.52. The number of carboxylic acids is 1. The van der Waals surface area contributed by atoms with E-state index in [0.29, 0.717) is 16.1 Å². The Balaban J connectivity index is 2.08. The number of hydrazine groups is 1. The molecular formula is C23H25N5O7. The molecule has 2 atom stereocenters. The normalized spacial score (nSPS) is 18.1. The molecule has 12 heteroatoms. The summed E-state index contributed by atoms with van der Waals surface area (Å²) in [6.45, 7) is 2.55. The van der Waals surface area contributed by atoms with Gasteiger partial charge in [-0.2, -0.15) is 5.01 Å². The molecular weight excluding hydrogens is 458 g/mol. The molecule has 0 radical (unpaired) electrons. The largest absolute Gasteiger partial charge is 0.504 e. The van der Waals surface area contributed by atoms with Gasteiger partial charge in [-0.25, -0.2) is 9.80 Å². The third kappa shape index (κ3) is 4.58. The van der Waals surface area contributed by atoms with Gasteiger partial charge in [0.2, 0.25) is 5.91 Å². The third-order valence-electron chi connectivity index (χ3n) is 5.73. The Bertz CT molecular complexity index is 1210. The van der Waals surface area contributed by atoms with Crippen molar-refractivity contribution in [2.45, 2.75) is 31.8 Å². The van der Waals surface area contributed by atoms with Crippen LogP contribution >= 0.6 is 0 Å². The van der Waals surface area contributed by atoms with Crippen LogP contribution in [0.4, 0.5) is 4.79 Å². The number of methoxy groups -OCH3 is 1. The summed E-state index contributed by atoms with van der Waals surface area (Å²) in [5.74, 6) is -3.22. The van der Waals surface area contributed by atoms with E-state index in [1.54, 1.807) is 0 Å². The fourth-order valence-corrected chi connectivity index (χ4v) is 3.91. The molecule has 2 unspecified atom stereocenters. The van der Waals surface area contributed by atoms with Gasteiger partial charge in [-0.05, 0) is 30.2 Å². The van der Waals surface area contributed by atoms with Gasteiger partial charge in [-0.15, -0.1) is 0 Å².